The van der Waals surface area contributed by atoms with E-state index in [1.54, 1.807) is 6.92 Å². The molecule has 2 rings (SSSR count). The van der Waals surface area contributed by atoms with Gasteiger partial charge in [-0.25, -0.2) is 12.8 Å². The van der Waals surface area contributed by atoms with Gasteiger partial charge in [-0.2, -0.15) is 0 Å². The van der Waals surface area contributed by atoms with Gasteiger partial charge in [0.2, 0.25) is 0 Å². The van der Waals surface area contributed by atoms with Crippen molar-refractivity contribution in [2.75, 3.05) is 10.5 Å². The smallest absolute Gasteiger partial charge is 0.262 e. The second kappa shape index (κ2) is 5.71. The van der Waals surface area contributed by atoms with Crippen LogP contribution in [-0.4, -0.2) is 8.42 Å². The van der Waals surface area contributed by atoms with E-state index in [0.29, 0.717) is 5.56 Å². The molecule has 0 unspecified atom stereocenters. The van der Waals surface area contributed by atoms with Crippen LogP contribution in [0.15, 0.2) is 35.2 Å². The summed E-state index contributed by atoms with van der Waals surface area (Å²) < 4.78 is 39.8. The number of anilines is 2. The van der Waals surface area contributed by atoms with Gasteiger partial charge in [0.05, 0.1) is 15.6 Å². The van der Waals surface area contributed by atoms with Crippen LogP contribution in [0.3, 0.4) is 0 Å². The largest absolute Gasteiger partial charge is 0.398 e. The lowest BCUT2D eigenvalue weighted by molar-refractivity contribution is 0.601. The highest BCUT2D eigenvalue weighted by Gasteiger charge is 2.18. The number of nitrogens with one attached hydrogen (secondary N) is 1. The lowest BCUT2D eigenvalue weighted by Gasteiger charge is -2.12. The fourth-order valence-electron chi connectivity index (χ4n) is 1.61. The van der Waals surface area contributed by atoms with Gasteiger partial charge >= 0.3 is 0 Å². The summed E-state index contributed by atoms with van der Waals surface area (Å²) in [5, 5.41) is 0.185. The van der Waals surface area contributed by atoms with Gasteiger partial charge in [-0.05, 0) is 42.8 Å². The maximum absolute atomic E-state index is 13.0. The zero-order chi connectivity index (χ0) is 15.8. The Labute approximate surface area is 131 Å². The first kappa shape index (κ1) is 15.9. The van der Waals surface area contributed by atoms with Crippen molar-refractivity contribution in [1.29, 1.82) is 0 Å². The molecule has 112 valence electrons. The van der Waals surface area contributed by atoms with Gasteiger partial charge in [0.25, 0.3) is 10.0 Å². The highest BCUT2D eigenvalue weighted by molar-refractivity contribution is 7.92. The van der Waals surface area contributed by atoms with Crippen LogP contribution in [0.5, 0.6) is 0 Å². The molecule has 4 nitrogen and oxygen atoms in total. The van der Waals surface area contributed by atoms with Gasteiger partial charge < -0.3 is 5.73 Å². The molecule has 2 aromatic carbocycles. The van der Waals surface area contributed by atoms with Gasteiger partial charge in [-0.15, -0.1) is 0 Å². The molecule has 0 aliphatic rings. The Kier molecular flexibility index (Phi) is 4.32. The monoisotopic (exact) mass is 348 g/mol. The first-order valence-corrected chi connectivity index (χ1v) is 7.98. The highest BCUT2D eigenvalue weighted by atomic mass is 35.5. The number of sulfonamides is 1. The van der Waals surface area contributed by atoms with Crippen LogP contribution in [0.1, 0.15) is 5.56 Å². The Morgan fingerprint density at radius 2 is 1.81 bits per heavy atom. The summed E-state index contributed by atoms with van der Waals surface area (Å²) in [6.45, 7) is 1.68. The number of halogens is 3. The molecule has 0 aliphatic carbocycles. The number of hydrogen-bond donors (Lipinski definition) is 2. The van der Waals surface area contributed by atoms with Crippen molar-refractivity contribution in [2.45, 2.75) is 11.8 Å². The second-order valence-electron chi connectivity index (χ2n) is 4.35. The van der Waals surface area contributed by atoms with Crippen LogP contribution < -0.4 is 10.5 Å². The maximum Gasteiger partial charge on any atom is 0.262 e. The zero-order valence-corrected chi connectivity index (χ0v) is 13.2. The Morgan fingerprint density at radius 1 is 1.14 bits per heavy atom. The van der Waals surface area contributed by atoms with Gasteiger partial charge in [-0.1, -0.05) is 23.2 Å². The van der Waals surface area contributed by atoms with Crippen molar-refractivity contribution < 1.29 is 12.8 Å². The molecule has 0 fully saturated rings. The van der Waals surface area contributed by atoms with E-state index >= 15 is 0 Å². The number of hydrogen-bond acceptors (Lipinski definition) is 3. The van der Waals surface area contributed by atoms with Crippen molar-refractivity contribution in [3.8, 4) is 0 Å². The van der Waals surface area contributed by atoms with E-state index in [4.69, 9.17) is 28.9 Å². The molecule has 0 amide bonds. The molecule has 0 atom stereocenters. The van der Waals surface area contributed by atoms with Gasteiger partial charge in [0.1, 0.15) is 5.82 Å². The number of benzene rings is 2. The van der Waals surface area contributed by atoms with Crippen molar-refractivity contribution in [2.24, 2.45) is 0 Å². The third kappa shape index (κ3) is 3.40. The summed E-state index contributed by atoms with van der Waals surface area (Å²) in [4.78, 5) is -0.101. The molecular weight excluding hydrogens is 338 g/mol. The van der Waals surface area contributed by atoms with Crippen LogP contribution in [0.25, 0.3) is 0 Å². The second-order valence-corrected chi connectivity index (χ2v) is 6.85. The summed E-state index contributed by atoms with van der Waals surface area (Å²) in [7, 11) is -3.93. The summed E-state index contributed by atoms with van der Waals surface area (Å²) in [6.07, 6.45) is 0. The molecule has 0 saturated heterocycles. The molecule has 0 radical (unpaired) electrons. The average molecular weight is 349 g/mol. The van der Waals surface area contributed by atoms with Gasteiger partial charge in [0, 0.05) is 10.7 Å². The minimum Gasteiger partial charge on any atom is -0.398 e. The minimum absolute atomic E-state index is 0.0512. The topological polar surface area (TPSA) is 72.2 Å². The van der Waals surface area contributed by atoms with Crippen LogP contribution in [0, 0.1) is 12.7 Å². The minimum atomic E-state index is -3.93. The Morgan fingerprint density at radius 3 is 2.38 bits per heavy atom. The van der Waals surface area contributed by atoms with Crippen molar-refractivity contribution in [3.05, 3.63) is 51.8 Å². The molecule has 8 heteroatoms. The van der Waals surface area contributed by atoms with Crippen LogP contribution in [0.4, 0.5) is 15.8 Å². The lowest BCUT2D eigenvalue weighted by atomic mass is 10.2. The quantitative estimate of drug-likeness (QED) is 0.828. The van der Waals surface area contributed by atoms with E-state index in [0.717, 1.165) is 12.1 Å². The van der Waals surface area contributed by atoms with E-state index in [1.807, 2.05) is 0 Å². The standard InChI is InChI=1S/C13H11Cl2FN2O2S/c1-7-10(14)5-9(6-12(7)17)21(19,20)18-13-3-2-8(16)4-11(13)15/h2-6,18H,17H2,1H3. The van der Waals surface area contributed by atoms with E-state index in [1.165, 1.54) is 18.2 Å². The predicted octanol–water partition coefficient (Wildman–Crippen LogP) is 3.82. The van der Waals surface area contributed by atoms with E-state index in [-0.39, 0.29) is 26.3 Å². The molecule has 0 heterocycles. The van der Waals surface area contributed by atoms with E-state index in [9.17, 15) is 12.8 Å². The summed E-state index contributed by atoms with van der Waals surface area (Å²) in [5.41, 5.74) is 6.62. The van der Waals surface area contributed by atoms with Crippen LogP contribution >= 0.6 is 23.2 Å². The molecular formula is C13H11Cl2FN2O2S. The van der Waals surface area contributed by atoms with Crippen LogP contribution in [0.2, 0.25) is 10.0 Å². The Hall–Kier alpha value is -1.50. The molecule has 3 N–H and O–H groups in total. The summed E-state index contributed by atoms with van der Waals surface area (Å²) in [5.74, 6) is -0.564. The summed E-state index contributed by atoms with van der Waals surface area (Å²) >= 11 is 11.7. The number of nitrogen functional groups attached to an aromatic ring is 1. The SMILES string of the molecule is Cc1c(N)cc(S(=O)(=O)Nc2ccc(F)cc2Cl)cc1Cl. The third-order valence-electron chi connectivity index (χ3n) is 2.84. The molecule has 21 heavy (non-hydrogen) atoms. The fraction of sp³-hybridized carbons (Fsp3) is 0.0769. The highest BCUT2D eigenvalue weighted by Crippen LogP contribution is 2.29. The van der Waals surface area contributed by atoms with Crippen molar-refractivity contribution in [3.63, 3.8) is 0 Å². The van der Waals surface area contributed by atoms with Gasteiger partial charge in [0.15, 0.2) is 0 Å². The predicted molar refractivity (Wildman–Crippen MR) is 82.8 cm³/mol. The molecule has 2 aromatic rings. The fourth-order valence-corrected chi connectivity index (χ4v) is 3.31. The molecule has 0 aromatic heterocycles. The Balaban J connectivity index is 2.43. The molecule has 0 saturated carbocycles. The summed E-state index contributed by atoms with van der Waals surface area (Å²) in [6, 6.07) is 5.92. The van der Waals surface area contributed by atoms with Crippen LogP contribution in [-0.2, 0) is 10.0 Å². The van der Waals surface area contributed by atoms with Crippen molar-refractivity contribution in [1.82, 2.24) is 0 Å². The number of nitrogens with two attached hydrogens (primary N) is 1. The van der Waals surface area contributed by atoms with E-state index in [2.05, 4.69) is 4.72 Å². The lowest BCUT2D eigenvalue weighted by Crippen LogP contribution is -2.14. The maximum atomic E-state index is 13.0. The Bertz CT molecular complexity index is 787. The normalized spacial score (nSPS) is 11.4. The van der Waals surface area contributed by atoms with E-state index < -0.39 is 15.8 Å². The molecule has 0 aliphatic heterocycles. The third-order valence-corrected chi connectivity index (χ3v) is 4.89. The molecule has 0 bridgehead atoms. The number of rotatable bonds is 3. The zero-order valence-electron chi connectivity index (χ0n) is 10.8. The molecule has 0 spiro atoms. The van der Waals surface area contributed by atoms with Crippen molar-refractivity contribution >= 4 is 44.6 Å². The van der Waals surface area contributed by atoms with Gasteiger partial charge in [-0.3, -0.25) is 4.72 Å². The first-order valence-electron chi connectivity index (χ1n) is 5.74. The average Bonchev–Trinajstić information content (AvgIpc) is 2.38. The first-order chi connectivity index (χ1) is 9.70.